The highest BCUT2D eigenvalue weighted by atomic mass is 16.3. The van der Waals surface area contributed by atoms with Gasteiger partial charge in [-0.3, -0.25) is 4.79 Å². The molecule has 0 saturated heterocycles. The van der Waals surface area contributed by atoms with Gasteiger partial charge in [-0.15, -0.1) is 0 Å². The third kappa shape index (κ3) is 2.35. The first-order valence-electron chi connectivity index (χ1n) is 7.59. The van der Waals surface area contributed by atoms with Crippen LogP contribution in [0.2, 0.25) is 0 Å². The van der Waals surface area contributed by atoms with Gasteiger partial charge in [0.15, 0.2) is 5.78 Å². The van der Waals surface area contributed by atoms with E-state index in [0.717, 1.165) is 34.9 Å². The lowest BCUT2D eigenvalue weighted by Crippen LogP contribution is -2.28. The molecule has 0 bridgehead atoms. The molecule has 1 unspecified atom stereocenters. The molecule has 2 heterocycles. The first-order valence-corrected chi connectivity index (χ1v) is 7.59. The number of hydrogen-bond donors (Lipinski definition) is 0. The van der Waals surface area contributed by atoms with Crippen LogP contribution in [0.3, 0.4) is 0 Å². The molecule has 0 fully saturated rings. The molecule has 112 valence electrons. The average Bonchev–Trinajstić information content (AvgIpc) is 2.91. The Balaban J connectivity index is 2.10. The van der Waals surface area contributed by atoms with Crippen molar-refractivity contribution >= 4 is 5.78 Å². The summed E-state index contributed by atoms with van der Waals surface area (Å²) in [6.07, 6.45) is 1.57. The quantitative estimate of drug-likeness (QED) is 0.816. The summed E-state index contributed by atoms with van der Waals surface area (Å²) in [6, 6.07) is 6.18. The van der Waals surface area contributed by atoms with E-state index in [4.69, 9.17) is 4.42 Å². The van der Waals surface area contributed by atoms with Crippen molar-refractivity contribution in [3.05, 3.63) is 46.7 Å². The second-order valence-electron chi connectivity index (χ2n) is 7.08. The van der Waals surface area contributed by atoms with E-state index >= 15 is 0 Å². The maximum atomic E-state index is 12.4. The lowest BCUT2D eigenvalue weighted by Gasteiger charge is -2.31. The van der Waals surface area contributed by atoms with Crippen molar-refractivity contribution < 1.29 is 9.21 Å². The number of Topliss-reactive ketones (excluding diaryl/α,β-unsaturated/α-hetero) is 1. The first kappa shape index (κ1) is 14.2. The van der Waals surface area contributed by atoms with E-state index in [2.05, 4.69) is 32.3 Å². The Morgan fingerprint density at radius 2 is 1.95 bits per heavy atom. The van der Waals surface area contributed by atoms with Crippen LogP contribution < -0.4 is 0 Å². The molecule has 3 rings (SSSR count). The van der Waals surface area contributed by atoms with E-state index in [1.54, 1.807) is 0 Å². The second kappa shape index (κ2) is 4.62. The van der Waals surface area contributed by atoms with Crippen LogP contribution in [0.5, 0.6) is 0 Å². The summed E-state index contributed by atoms with van der Waals surface area (Å²) >= 11 is 0. The molecule has 21 heavy (non-hydrogen) atoms. The molecule has 1 aliphatic carbocycles. The van der Waals surface area contributed by atoms with Gasteiger partial charge in [0, 0.05) is 23.4 Å². The molecule has 0 saturated carbocycles. The molecule has 3 heteroatoms. The normalized spacial score (nSPS) is 18.6. The number of hydrogen-bond acceptors (Lipinski definition) is 2. The lowest BCUT2D eigenvalue weighted by molar-refractivity contribution is 0.0909. The number of carbonyl (C=O) groups is 1. The smallest absolute Gasteiger partial charge is 0.165 e. The van der Waals surface area contributed by atoms with Crippen molar-refractivity contribution in [1.82, 2.24) is 4.57 Å². The summed E-state index contributed by atoms with van der Waals surface area (Å²) in [4.78, 5) is 12.4. The summed E-state index contributed by atoms with van der Waals surface area (Å²) in [6.45, 7) is 10.5. The summed E-state index contributed by atoms with van der Waals surface area (Å²) in [5, 5.41) is 0. The molecular weight excluding hydrogens is 262 g/mol. The number of rotatable bonds is 2. The van der Waals surface area contributed by atoms with Crippen molar-refractivity contribution in [1.29, 1.82) is 0 Å². The molecule has 0 aliphatic heterocycles. The molecule has 2 aromatic heterocycles. The molecular formula is C18H23NO2. The third-order valence-electron chi connectivity index (χ3n) is 4.48. The molecule has 3 nitrogen and oxygen atoms in total. The summed E-state index contributed by atoms with van der Waals surface area (Å²) in [5.41, 5.74) is 3.23. The van der Waals surface area contributed by atoms with Crippen LogP contribution in [0.1, 0.15) is 66.5 Å². The molecule has 0 N–H and O–H groups in total. The Morgan fingerprint density at radius 3 is 2.57 bits per heavy atom. The molecule has 2 aromatic rings. The highest BCUT2D eigenvalue weighted by Crippen LogP contribution is 2.38. The minimum Gasteiger partial charge on any atom is -0.464 e. The summed E-state index contributed by atoms with van der Waals surface area (Å²) in [5.74, 6) is 2.14. The van der Waals surface area contributed by atoms with Gasteiger partial charge in [-0.25, -0.2) is 0 Å². The zero-order chi connectivity index (χ0) is 15.4. The molecule has 0 radical (unpaired) electrons. The SMILES string of the molecule is Cc1ccc(C(C)n2c(C)cc3c2CC(C)(C)CC3=O)o1. The standard InChI is InChI=1S/C18H23NO2/c1-11-8-14-15(9-18(4,5)10-16(14)20)19(11)13(3)17-7-6-12(2)21-17/h6-8,13H,9-10H2,1-5H3. The predicted octanol–water partition coefficient (Wildman–Crippen LogP) is 4.46. The highest BCUT2D eigenvalue weighted by Gasteiger charge is 2.35. The van der Waals surface area contributed by atoms with Gasteiger partial charge in [0.05, 0.1) is 6.04 Å². The number of aromatic nitrogens is 1. The average molecular weight is 285 g/mol. The first-order chi connectivity index (χ1) is 9.78. The van der Waals surface area contributed by atoms with Crippen molar-refractivity contribution in [3.63, 3.8) is 0 Å². The van der Waals surface area contributed by atoms with E-state index in [1.165, 1.54) is 0 Å². The number of furan rings is 1. The minimum atomic E-state index is 0.0332. The Morgan fingerprint density at radius 1 is 1.24 bits per heavy atom. The summed E-state index contributed by atoms with van der Waals surface area (Å²) in [7, 11) is 0. The maximum absolute atomic E-state index is 12.4. The van der Waals surface area contributed by atoms with Crippen LogP contribution in [0.25, 0.3) is 0 Å². The Hall–Kier alpha value is -1.77. The van der Waals surface area contributed by atoms with Crippen LogP contribution in [0, 0.1) is 19.3 Å². The number of aryl methyl sites for hydroxylation is 2. The zero-order valence-corrected chi connectivity index (χ0v) is 13.5. The van der Waals surface area contributed by atoms with Gasteiger partial charge in [-0.1, -0.05) is 13.8 Å². The van der Waals surface area contributed by atoms with Gasteiger partial charge in [0.2, 0.25) is 0 Å². The number of ketones is 1. The zero-order valence-electron chi connectivity index (χ0n) is 13.5. The van der Waals surface area contributed by atoms with E-state index in [-0.39, 0.29) is 17.2 Å². The van der Waals surface area contributed by atoms with E-state index in [9.17, 15) is 4.79 Å². The lowest BCUT2D eigenvalue weighted by atomic mass is 9.76. The van der Waals surface area contributed by atoms with E-state index in [1.807, 2.05) is 25.1 Å². The minimum absolute atomic E-state index is 0.0332. The van der Waals surface area contributed by atoms with Crippen LogP contribution in [-0.2, 0) is 6.42 Å². The van der Waals surface area contributed by atoms with Crippen molar-refractivity contribution in [2.24, 2.45) is 5.41 Å². The van der Waals surface area contributed by atoms with Crippen LogP contribution in [-0.4, -0.2) is 10.4 Å². The fourth-order valence-electron chi connectivity index (χ4n) is 3.52. The van der Waals surface area contributed by atoms with Gasteiger partial charge >= 0.3 is 0 Å². The van der Waals surface area contributed by atoms with Gasteiger partial charge < -0.3 is 8.98 Å². The molecule has 0 spiro atoms. The third-order valence-corrected chi connectivity index (χ3v) is 4.48. The number of carbonyl (C=O) groups excluding carboxylic acids is 1. The van der Waals surface area contributed by atoms with Crippen LogP contribution >= 0.6 is 0 Å². The topological polar surface area (TPSA) is 35.1 Å². The fourth-order valence-corrected chi connectivity index (χ4v) is 3.52. The Labute approximate surface area is 126 Å². The molecule has 0 amide bonds. The van der Waals surface area contributed by atoms with Gasteiger partial charge in [0.1, 0.15) is 11.5 Å². The van der Waals surface area contributed by atoms with Gasteiger partial charge in [0.25, 0.3) is 0 Å². The largest absolute Gasteiger partial charge is 0.464 e. The van der Waals surface area contributed by atoms with E-state index in [0.29, 0.717) is 6.42 Å². The van der Waals surface area contributed by atoms with Crippen molar-refractivity contribution in [2.75, 3.05) is 0 Å². The Kier molecular flexibility index (Phi) is 3.12. The molecule has 1 atom stereocenters. The van der Waals surface area contributed by atoms with Gasteiger partial charge in [-0.2, -0.15) is 0 Å². The molecule has 1 aliphatic rings. The maximum Gasteiger partial charge on any atom is 0.165 e. The van der Waals surface area contributed by atoms with Crippen molar-refractivity contribution in [2.45, 2.75) is 53.5 Å². The fraction of sp³-hybridized carbons (Fsp3) is 0.500. The van der Waals surface area contributed by atoms with Crippen molar-refractivity contribution in [3.8, 4) is 0 Å². The van der Waals surface area contributed by atoms with E-state index < -0.39 is 0 Å². The number of fused-ring (bicyclic) bond motifs is 1. The highest BCUT2D eigenvalue weighted by molar-refractivity contribution is 5.99. The summed E-state index contributed by atoms with van der Waals surface area (Å²) < 4.78 is 8.06. The van der Waals surface area contributed by atoms with Crippen LogP contribution in [0.15, 0.2) is 22.6 Å². The Bertz CT molecular complexity index is 703. The predicted molar refractivity (Wildman–Crippen MR) is 82.9 cm³/mol. The second-order valence-corrected chi connectivity index (χ2v) is 7.08. The molecule has 0 aromatic carbocycles. The van der Waals surface area contributed by atoms with Gasteiger partial charge in [-0.05, 0) is 50.8 Å². The monoisotopic (exact) mass is 285 g/mol. The van der Waals surface area contributed by atoms with Crippen LogP contribution in [0.4, 0.5) is 0 Å². The number of nitrogens with zero attached hydrogens (tertiary/aromatic N) is 1.